The van der Waals surface area contributed by atoms with Crippen molar-refractivity contribution in [2.75, 3.05) is 18.0 Å². The smallest absolute Gasteiger partial charge is 0.407 e. The van der Waals surface area contributed by atoms with E-state index in [9.17, 15) is 4.79 Å². The fourth-order valence-corrected chi connectivity index (χ4v) is 2.48. The number of halogens is 1. The van der Waals surface area contributed by atoms with Crippen LogP contribution in [0.4, 0.5) is 10.6 Å². The Morgan fingerprint density at radius 1 is 1.38 bits per heavy atom. The Morgan fingerprint density at radius 2 is 2.05 bits per heavy atom. The Hall–Kier alpha value is -1.30. The van der Waals surface area contributed by atoms with Crippen molar-refractivity contribution in [2.24, 2.45) is 0 Å². The molecule has 0 radical (unpaired) electrons. The molecule has 6 heteroatoms. The lowest BCUT2D eigenvalue weighted by Gasteiger charge is -2.33. The zero-order chi connectivity index (χ0) is 15.5. The van der Waals surface area contributed by atoms with Crippen molar-refractivity contribution in [1.29, 1.82) is 0 Å². The molecular weight excluding hydrogens is 334 g/mol. The lowest BCUT2D eigenvalue weighted by atomic mass is 10.1. The van der Waals surface area contributed by atoms with Gasteiger partial charge in [-0.15, -0.1) is 0 Å². The summed E-state index contributed by atoms with van der Waals surface area (Å²) in [5, 5.41) is 2.82. The number of carbonyl (C=O) groups is 1. The number of nitrogens with one attached hydrogen (secondary N) is 1. The Morgan fingerprint density at radius 3 is 2.57 bits per heavy atom. The number of nitrogens with zero attached hydrogens (tertiary/aromatic N) is 2. The van der Waals surface area contributed by atoms with E-state index in [4.69, 9.17) is 4.74 Å². The molecule has 2 rings (SSSR count). The molecule has 0 aromatic carbocycles. The van der Waals surface area contributed by atoms with Crippen LogP contribution < -0.4 is 10.2 Å². The fraction of sp³-hybridized carbons (Fsp3) is 0.600. The maximum atomic E-state index is 11.8. The van der Waals surface area contributed by atoms with Gasteiger partial charge in [-0.2, -0.15) is 0 Å². The van der Waals surface area contributed by atoms with E-state index in [1.165, 1.54) is 0 Å². The van der Waals surface area contributed by atoms with Crippen molar-refractivity contribution in [1.82, 2.24) is 10.3 Å². The van der Waals surface area contributed by atoms with Gasteiger partial charge in [0.1, 0.15) is 11.9 Å². The number of alkyl carbamates (subject to hydrolysis) is 1. The van der Waals surface area contributed by atoms with Gasteiger partial charge < -0.3 is 15.0 Å². The van der Waals surface area contributed by atoms with Crippen LogP contribution in [0.3, 0.4) is 0 Å². The minimum Gasteiger partial charge on any atom is -0.446 e. The number of ether oxygens (including phenoxy) is 1. The summed E-state index contributed by atoms with van der Waals surface area (Å²) in [5.41, 5.74) is -0.265. The van der Waals surface area contributed by atoms with E-state index in [1.54, 1.807) is 6.20 Å². The van der Waals surface area contributed by atoms with E-state index in [1.807, 2.05) is 32.9 Å². The van der Waals surface area contributed by atoms with Crippen LogP contribution in [-0.2, 0) is 4.74 Å². The highest BCUT2D eigenvalue weighted by Crippen LogP contribution is 2.21. The van der Waals surface area contributed by atoms with Gasteiger partial charge in [0.25, 0.3) is 0 Å². The molecule has 0 aliphatic carbocycles. The molecule has 1 aromatic rings. The normalized spacial score (nSPS) is 16.7. The Labute approximate surface area is 134 Å². The molecule has 0 atom stereocenters. The first-order valence-electron chi connectivity index (χ1n) is 7.19. The first-order chi connectivity index (χ1) is 9.83. The number of aromatic nitrogens is 1. The Balaban J connectivity index is 1.80. The van der Waals surface area contributed by atoms with E-state index in [2.05, 4.69) is 31.1 Å². The van der Waals surface area contributed by atoms with Crippen LogP contribution in [0.15, 0.2) is 22.8 Å². The number of rotatable bonds is 2. The highest BCUT2D eigenvalue weighted by Gasteiger charge is 2.24. The van der Waals surface area contributed by atoms with Gasteiger partial charge in [0, 0.05) is 42.1 Å². The molecule has 5 nitrogen and oxygen atoms in total. The van der Waals surface area contributed by atoms with E-state index in [-0.39, 0.29) is 17.7 Å². The molecule has 2 heterocycles. The molecule has 1 fully saturated rings. The van der Waals surface area contributed by atoms with Crippen LogP contribution in [0.25, 0.3) is 0 Å². The van der Waals surface area contributed by atoms with Crippen molar-refractivity contribution in [3.05, 3.63) is 22.8 Å². The number of anilines is 1. The minimum absolute atomic E-state index is 0.0148. The van der Waals surface area contributed by atoms with E-state index < -0.39 is 0 Å². The average Bonchev–Trinajstić information content (AvgIpc) is 2.38. The van der Waals surface area contributed by atoms with Gasteiger partial charge in [0.15, 0.2) is 0 Å². The molecular formula is C15H22BrN3O2. The maximum absolute atomic E-state index is 11.8. The van der Waals surface area contributed by atoms with Gasteiger partial charge in [-0.1, -0.05) is 0 Å². The predicted octanol–water partition coefficient (Wildman–Crippen LogP) is 3.34. The fourth-order valence-electron chi connectivity index (χ4n) is 2.24. The van der Waals surface area contributed by atoms with E-state index in [0.717, 1.165) is 36.2 Å². The van der Waals surface area contributed by atoms with Crippen molar-refractivity contribution in [2.45, 2.75) is 45.3 Å². The van der Waals surface area contributed by atoms with Gasteiger partial charge >= 0.3 is 6.09 Å². The molecule has 21 heavy (non-hydrogen) atoms. The van der Waals surface area contributed by atoms with Crippen LogP contribution in [-0.4, -0.2) is 35.8 Å². The average molecular weight is 356 g/mol. The van der Waals surface area contributed by atoms with Crippen molar-refractivity contribution in [3.63, 3.8) is 0 Å². The van der Waals surface area contributed by atoms with E-state index >= 15 is 0 Å². The highest BCUT2D eigenvalue weighted by atomic mass is 79.9. The number of hydrogen-bond acceptors (Lipinski definition) is 4. The third-order valence-electron chi connectivity index (χ3n) is 3.23. The summed E-state index contributed by atoms with van der Waals surface area (Å²) in [6, 6.07) is 3.99. The van der Waals surface area contributed by atoms with Crippen LogP contribution >= 0.6 is 15.9 Å². The number of pyridine rings is 1. The van der Waals surface area contributed by atoms with E-state index in [0.29, 0.717) is 0 Å². The van der Waals surface area contributed by atoms with Gasteiger partial charge in [0.05, 0.1) is 0 Å². The molecule has 0 saturated carbocycles. The van der Waals surface area contributed by atoms with Crippen LogP contribution in [0, 0.1) is 0 Å². The van der Waals surface area contributed by atoms with Crippen LogP contribution in [0.1, 0.15) is 33.6 Å². The molecule has 1 N–H and O–H groups in total. The summed E-state index contributed by atoms with van der Waals surface area (Å²) in [7, 11) is 0. The maximum Gasteiger partial charge on any atom is 0.407 e. The SMILES string of the molecule is CC(C)(C)NC(=O)OC1CCN(c2ccc(Br)cn2)CC1. The molecule has 0 bridgehead atoms. The summed E-state index contributed by atoms with van der Waals surface area (Å²) in [6.45, 7) is 7.52. The molecule has 1 aliphatic rings. The summed E-state index contributed by atoms with van der Waals surface area (Å²) in [5.74, 6) is 0.968. The Bertz CT molecular complexity index is 477. The standard InChI is InChI=1S/C15H22BrN3O2/c1-15(2,3)18-14(20)21-12-6-8-19(9-7-12)13-5-4-11(16)10-17-13/h4-5,10,12H,6-9H2,1-3H3,(H,18,20). The van der Waals surface area contributed by atoms with Gasteiger partial charge in [-0.05, 0) is 48.8 Å². The number of hydrogen-bond donors (Lipinski definition) is 1. The minimum atomic E-state index is -0.331. The quantitative estimate of drug-likeness (QED) is 0.883. The van der Waals surface area contributed by atoms with Crippen LogP contribution in [0.2, 0.25) is 0 Å². The Kier molecular flexibility index (Phi) is 5.08. The first kappa shape index (κ1) is 16.1. The molecule has 116 valence electrons. The lowest BCUT2D eigenvalue weighted by Crippen LogP contribution is -2.44. The largest absolute Gasteiger partial charge is 0.446 e. The van der Waals surface area contributed by atoms with Crippen molar-refractivity contribution in [3.8, 4) is 0 Å². The highest BCUT2D eigenvalue weighted by molar-refractivity contribution is 9.10. The monoisotopic (exact) mass is 355 g/mol. The summed E-state index contributed by atoms with van der Waals surface area (Å²) < 4.78 is 6.44. The topological polar surface area (TPSA) is 54.5 Å². The number of carbonyl (C=O) groups excluding carboxylic acids is 1. The summed E-state index contributed by atoms with van der Waals surface area (Å²) >= 11 is 3.38. The van der Waals surface area contributed by atoms with Crippen LogP contribution in [0.5, 0.6) is 0 Å². The molecule has 1 amide bonds. The van der Waals surface area contributed by atoms with Gasteiger partial charge in [-0.25, -0.2) is 9.78 Å². The molecule has 0 unspecified atom stereocenters. The lowest BCUT2D eigenvalue weighted by molar-refractivity contribution is 0.0776. The zero-order valence-corrected chi connectivity index (χ0v) is 14.3. The second-order valence-electron chi connectivity index (χ2n) is 6.30. The summed E-state index contributed by atoms with van der Waals surface area (Å²) in [4.78, 5) is 18.4. The molecule has 1 aliphatic heterocycles. The second kappa shape index (κ2) is 6.64. The first-order valence-corrected chi connectivity index (χ1v) is 7.98. The molecule has 1 aromatic heterocycles. The number of amides is 1. The van der Waals surface area contributed by atoms with Gasteiger partial charge in [-0.3, -0.25) is 0 Å². The predicted molar refractivity (Wildman–Crippen MR) is 86.5 cm³/mol. The third-order valence-corrected chi connectivity index (χ3v) is 3.70. The summed E-state index contributed by atoms with van der Waals surface area (Å²) in [6.07, 6.45) is 3.11. The number of piperidine rings is 1. The molecule has 0 spiro atoms. The third kappa shape index (κ3) is 5.19. The van der Waals surface area contributed by atoms with Gasteiger partial charge in [0.2, 0.25) is 0 Å². The zero-order valence-electron chi connectivity index (χ0n) is 12.7. The molecule has 1 saturated heterocycles. The van der Waals surface area contributed by atoms with Crippen molar-refractivity contribution >= 4 is 27.8 Å². The van der Waals surface area contributed by atoms with Crippen molar-refractivity contribution < 1.29 is 9.53 Å². The second-order valence-corrected chi connectivity index (χ2v) is 7.22.